The topological polar surface area (TPSA) is 78.9 Å². The van der Waals surface area contributed by atoms with Gasteiger partial charge in [0.25, 0.3) is 0 Å². The van der Waals surface area contributed by atoms with Gasteiger partial charge in [-0.2, -0.15) is 0 Å². The van der Waals surface area contributed by atoms with Crippen molar-refractivity contribution in [3.63, 3.8) is 0 Å². The first-order chi connectivity index (χ1) is 34.0. The van der Waals surface area contributed by atoms with Gasteiger partial charge in [0.2, 0.25) is 0 Å². The summed E-state index contributed by atoms with van der Waals surface area (Å²) in [6, 6.07) is 0. The van der Waals surface area contributed by atoms with Crippen LogP contribution in [0, 0.1) is 0 Å². The molecule has 0 heterocycles. The van der Waals surface area contributed by atoms with Crippen LogP contribution in [0.5, 0.6) is 0 Å². The Morgan fingerprint density at radius 3 is 1.12 bits per heavy atom. The maximum atomic E-state index is 12.8. The predicted octanol–water partition coefficient (Wildman–Crippen LogP) is 18.4. The van der Waals surface area contributed by atoms with Crippen molar-refractivity contribution in [2.24, 2.45) is 0 Å². The molecular weight excluding hydrogens is 853 g/mol. The highest BCUT2D eigenvalue weighted by Gasteiger charge is 2.19. The van der Waals surface area contributed by atoms with Crippen LogP contribution in [-0.4, -0.2) is 37.2 Å². The van der Waals surface area contributed by atoms with Crippen molar-refractivity contribution in [2.75, 3.05) is 13.2 Å². The number of carbonyl (C=O) groups excluding carboxylic acids is 3. The number of hydrogen-bond donors (Lipinski definition) is 0. The fourth-order valence-electron chi connectivity index (χ4n) is 6.90. The molecule has 0 aromatic rings. The van der Waals surface area contributed by atoms with Gasteiger partial charge in [0, 0.05) is 19.3 Å². The Morgan fingerprint density at radius 2 is 0.652 bits per heavy atom. The molecule has 0 aliphatic rings. The quantitative estimate of drug-likeness (QED) is 0.0199. The van der Waals surface area contributed by atoms with E-state index in [-0.39, 0.29) is 37.5 Å². The van der Waals surface area contributed by atoms with Gasteiger partial charge >= 0.3 is 17.9 Å². The maximum absolute atomic E-state index is 12.8. The van der Waals surface area contributed by atoms with Crippen LogP contribution in [0.25, 0.3) is 0 Å². The van der Waals surface area contributed by atoms with Gasteiger partial charge in [0.15, 0.2) is 6.10 Å². The Labute approximate surface area is 423 Å². The molecule has 0 spiro atoms. The molecule has 0 aromatic carbocycles. The molecule has 0 rings (SSSR count). The fourth-order valence-corrected chi connectivity index (χ4v) is 6.90. The molecule has 0 fully saturated rings. The Balaban J connectivity index is 4.56. The summed E-state index contributed by atoms with van der Waals surface area (Å²) < 4.78 is 16.7. The Hall–Kier alpha value is -4.71. The first-order valence-corrected chi connectivity index (χ1v) is 27.4. The van der Waals surface area contributed by atoms with E-state index in [1.54, 1.807) is 0 Å². The largest absolute Gasteiger partial charge is 0.462 e. The van der Waals surface area contributed by atoms with Crippen molar-refractivity contribution in [3.05, 3.63) is 146 Å². The second kappa shape index (κ2) is 55.9. The number of allylic oxidation sites excluding steroid dienone is 24. The number of carbonyl (C=O) groups is 3. The lowest BCUT2D eigenvalue weighted by atomic mass is 10.1. The second-order valence-electron chi connectivity index (χ2n) is 17.5. The van der Waals surface area contributed by atoms with E-state index in [4.69, 9.17) is 14.2 Å². The summed E-state index contributed by atoms with van der Waals surface area (Å²) in [5.74, 6) is -1.04. The summed E-state index contributed by atoms with van der Waals surface area (Å²) in [7, 11) is 0. The maximum Gasteiger partial charge on any atom is 0.306 e. The average Bonchev–Trinajstić information content (AvgIpc) is 3.35. The summed E-state index contributed by atoms with van der Waals surface area (Å²) in [5.41, 5.74) is 0. The van der Waals surface area contributed by atoms with Crippen LogP contribution in [0.15, 0.2) is 146 Å². The first-order valence-electron chi connectivity index (χ1n) is 27.4. The van der Waals surface area contributed by atoms with Gasteiger partial charge in [-0.1, -0.05) is 237 Å². The standard InChI is InChI=1S/C63H98O6/c1-4-7-10-13-16-19-22-25-28-30-31-33-35-38-41-44-47-50-53-56-62(65)68-59-60(58-67-61(64)55-52-49-46-43-40-37-34-27-24-21-18-15-12-9-6-3)69-63(66)57-54-51-48-45-42-39-36-32-29-26-23-20-17-14-11-8-5-2/h8-9,11-12,15-22,24-27,29,34,36-37,39-40,45,48,60H,4-7,10,13-14,23,28,30-33,35,38,41-44,46-47,49-59H2,1-3H3/b11-8-,12-9-,18-15-,19-16-,20-17-,24-21-,25-22-,29-26-,34-27-,39-36-,40-37-,48-45-. The van der Waals surface area contributed by atoms with E-state index in [0.29, 0.717) is 19.3 Å². The number of ether oxygens (including phenoxy) is 3. The van der Waals surface area contributed by atoms with Crippen LogP contribution in [0.2, 0.25) is 0 Å². The summed E-state index contributed by atoms with van der Waals surface area (Å²) in [5, 5.41) is 0. The van der Waals surface area contributed by atoms with Crippen molar-refractivity contribution in [1.29, 1.82) is 0 Å². The van der Waals surface area contributed by atoms with Gasteiger partial charge in [-0.25, -0.2) is 0 Å². The molecule has 1 atom stereocenters. The van der Waals surface area contributed by atoms with E-state index >= 15 is 0 Å². The van der Waals surface area contributed by atoms with Gasteiger partial charge in [-0.05, 0) is 103 Å². The third-order valence-corrected chi connectivity index (χ3v) is 11.0. The molecule has 0 saturated heterocycles. The molecule has 0 aliphatic carbocycles. The smallest absolute Gasteiger partial charge is 0.306 e. The molecule has 0 N–H and O–H groups in total. The molecule has 386 valence electrons. The number of esters is 3. The van der Waals surface area contributed by atoms with Crippen molar-refractivity contribution < 1.29 is 28.6 Å². The minimum absolute atomic E-state index is 0.122. The van der Waals surface area contributed by atoms with E-state index < -0.39 is 6.10 Å². The highest BCUT2D eigenvalue weighted by molar-refractivity contribution is 5.71. The van der Waals surface area contributed by atoms with Crippen molar-refractivity contribution in [3.8, 4) is 0 Å². The Kier molecular flexibility index (Phi) is 52.1. The monoisotopic (exact) mass is 951 g/mol. The van der Waals surface area contributed by atoms with Gasteiger partial charge in [0.1, 0.15) is 13.2 Å². The lowest BCUT2D eigenvalue weighted by molar-refractivity contribution is -0.167. The Morgan fingerprint density at radius 1 is 0.319 bits per heavy atom. The number of unbranched alkanes of at least 4 members (excludes halogenated alkanes) is 17. The lowest BCUT2D eigenvalue weighted by Gasteiger charge is -2.18. The molecule has 69 heavy (non-hydrogen) atoms. The van der Waals surface area contributed by atoms with Crippen LogP contribution in [0.4, 0.5) is 0 Å². The molecule has 0 radical (unpaired) electrons. The van der Waals surface area contributed by atoms with Gasteiger partial charge in [-0.15, -0.1) is 0 Å². The zero-order valence-electron chi connectivity index (χ0n) is 44.0. The van der Waals surface area contributed by atoms with E-state index in [2.05, 4.69) is 118 Å². The first kappa shape index (κ1) is 64.3. The van der Waals surface area contributed by atoms with Crippen LogP contribution in [0.3, 0.4) is 0 Å². The zero-order valence-corrected chi connectivity index (χ0v) is 44.0. The predicted molar refractivity (Wildman–Crippen MR) is 297 cm³/mol. The third-order valence-electron chi connectivity index (χ3n) is 11.0. The molecule has 6 nitrogen and oxygen atoms in total. The lowest BCUT2D eigenvalue weighted by Crippen LogP contribution is -2.30. The zero-order chi connectivity index (χ0) is 50.0. The molecule has 6 heteroatoms. The van der Waals surface area contributed by atoms with E-state index in [1.807, 2.05) is 48.6 Å². The fraction of sp³-hybridized carbons (Fsp3) is 0.571. The van der Waals surface area contributed by atoms with Gasteiger partial charge < -0.3 is 14.2 Å². The van der Waals surface area contributed by atoms with Gasteiger partial charge in [0.05, 0.1) is 0 Å². The highest BCUT2D eigenvalue weighted by atomic mass is 16.6. The number of hydrogen-bond acceptors (Lipinski definition) is 6. The minimum Gasteiger partial charge on any atom is -0.462 e. The van der Waals surface area contributed by atoms with Crippen LogP contribution in [-0.2, 0) is 28.6 Å². The van der Waals surface area contributed by atoms with E-state index in [9.17, 15) is 14.4 Å². The number of rotatable bonds is 47. The molecule has 0 saturated carbocycles. The van der Waals surface area contributed by atoms with Crippen molar-refractivity contribution >= 4 is 17.9 Å². The molecule has 0 aliphatic heterocycles. The molecule has 1 unspecified atom stereocenters. The highest BCUT2D eigenvalue weighted by Crippen LogP contribution is 2.14. The van der Waals surface area contributed by atoms with Crippen LogP contribution < -0.4 is 0 Å². The Bertz CT molecular complexity index is 1560. The van der Waals surface area contributed by atoms with E-state index in [0.717, 1.165) is 89.9 Å². The van der Waals surface area contributed by atoms with Crippen molar-refractivity contribution in [1.82, 2.24) is 0 Å². The molecule has 0 bridgehead atoms. The molecule has 0 aromatic heterocycles. The summed E-state index contributed by atoms with van der Waals surface area (Å²) >= 11 is 0. The average molecular weight is 951 g/mol. The third kappa shape index (κ3) is 54.1. The molecular formula is C63H98O6. The van der Waals surface area contributed by atoms with E-state index in [1.165, 1.54) is 77.0 Å². The van der Waals surface area contributed by atoms with Crippen molar-refractivity contribution in [2.45, 2.75) is 219 Å². The summed E-state index contributed by atoms with van der Waals surface area (Å²) in [6.45, 7) is 6.25. The normalized spacial score (nSPS) is 13.3. The molecule has 0 amide bonds. The summed E-state index contributed by atoms with van der Waals surface area (Å²) in [6.07, 6.45) is 79.8. The van der Waals surface area contributed by atoms with Crippen LogP contribution in [0.1, 0.15) is 213 Å². The SMILES string of the molecule is CC\C=C/C=C\C=C/C=C\C=C/CCCCCC(=O)OCC(COC(=O)CCCCCCCCCCCC/C=C\C=C/CCCCC)OC(=O)CCC/C=C\C/C=C\C/C=C\C/C=C\C/C=C\CC. The minimum atomic E-state index is -0.834. The second-order valence-corrected chi connectivity index (χ2v) is 17.5. The van der Waals surface area contributed by atoms with Crippen LogP contribution >= 0.6 is 0 Å². The van der Waals surface area contributed by atoms with Gasteiger partial charge in [-0.3, -0.25) is 14.4 Å². The summed E-state index contributed by atoms with van der Waals surface area (Å²) in [4.78, 5) is 38.1.